The van der Waals surface area contributed by atoms with Gasteiger partial charge in [-0.2, -0.15) is 0 Å². The van der Waals surface area contributed by atoms with Crippen molar-refractivity contribution in [2.45, 2.75) is 19.9 Å². The van der Waals surface area contributed by atoms with Crippen molar-refractivity contribution in [2.24, 2.45) is 0 Å². The Morgan fingerprint density at radius 1 is 1.28 bits per heavy atom. The molecule has 18 heavy (non-hydrogen) atoms. The molecule has 0 spiro atoms. The van der Waals surface area contributed by atoms with Gasteiger partial charge < -0.3 is 10.1 Å². The second-order valence-corrected chi connectivity index (χ2v) is 4.61. The van der Waals surface area contributed by atoms with Gasteiger partial charge in [-0.1, -0.05) is 18.2 Å². The highest BCUT2D eigenvalue weighted by atomic mass is 16.5. The van der Waals surface area contributed by atoms with Gasteiger partial charge in [0.2, 0.25) is 0 Å². The van der Waals surface area contributed by atoms with Crippen molar-refractivity contribution >= 4 is 5.82 Å². The average molecular weight is 240 g/mol. The van der Waals surface area contributed by atoms with Gasteiger partial charge >= 0.3 is 0 Å². The molecule has 0 saturated carbocycles. The third kappa shape index (κ3) is 2.30. The number of aryl methyl sites for hydroxylation is 1. The van der Waals surface area contributed by atoms with Crippen molar-refractivity contribution in [3.05, 3.63) is 53.2 Å². The molecule has 1 aliphatic rings. The first-order valence-electron chi connectivity index (χ1n) is 6.22. The van der Waals surface area contributed by atoms with E-state index in [9.17, 15) is 0 Å². The molecule has 0 atom stereocenters. The maximum absolute atomic E-state index is 5.50. The number of nitrogens with one attached hydrogen (secondary N) is 1. The van der Waals surface area contributed by atoms with E-state index in [-0.39, 0.29) is 0 Å². The fourth-order valence-corrected chi connectivity index (χ4v) is 2.11. The number of nitrogens with zero attached hydrogens (tertiary/aromatic N) is 1. The van der Waals surface area contributed by atoms with Gasteiger partial charge in [-0.3, -0.25) is 0 Å². The van der Waals surface area contributed by atoms with Crippen LogP contribution in [0.2, 0.25) is 0 Å². The number of aromatic nitrogens is 1. The van der Waals surface area contributed by atoms with Crippen molar-refractivity contribution in [2.75, 3.05) is 11.9 Å². The van der Waals surface area contributed by atoms with Crippen LogP contribution in [-0.2, 0) is 13.0 Å². The number of hydrogen-bond donors (Lipinski definition) is 1. The quantitative estimate of drug-likeness (QED) is 0.895. The SMILES string of the molecule is Cc1ccc(NCc2ccc3c(c2)CCO3)nc1. The van der Waals surface area contributed by atoms with Crippen molar-refractivity contribution in [1.29, 1.82) is 0 Å². The summed E-state index contributed by atoms with van der Waals surface area (Å²) < 4.78 is 5.50. The maximum atomic E-state index is 5.50. The van der Waals surface area contributed by atoms with E-state index >= 15 is 0 Å². The van der Waals surface area contributed by atoms with Crippen LogP contribution in [0, 0.1) is 6.92 Å². The van der Waals surface area contributed by atoms with E-state index in [1.165, 1.54) is 16.7 Å². The lowest BCUT2D eigenvalue weighted by molar-refractivity contribution is 0.357. The Bertz CT molecular complexity index is 549. The molecule has 0 amide bonds. The number of hydrogen-bond acceptors (Lipinski definition) is 3. The lowest BCUT2D eigenvalue weighted by atomic mass is 10.1. The maximum Gasteiger partial charge on any atom is 0.126 e. The Labute approximate surface area is 107 Å². The van der Waals surface area contributed by atoms with E-state index in [0.29, 0.717) is 0 Å². The number of pyridine rings is 1. The van der Waals surface area contributed by atoms with Crippen LogP contribution in [0.5, 0.6) is 5.75 Å². The van der Waals surface area contributed by atoms with Gasteiger partial charge in [0, 0.05) is 19.2 Å². The normalized spacial score (nSPS) is 12.9. The number of fused-ring (bicyclic) bond motifs is 1. The highest BCUT2D eigenvalue weighted by Crippen LogP contribution is 2.26. The summed E-state index contributed by atoms with van der Waals surface area (Å²) in [6.07, 6.45) is 2.89. The molecule has 2 aromatic rings. The zero-order valence-corrected chi connectivity index (χ0v) is 10.4. The number of benzene rings is 1. The summed E-state index contributed by atoms with van der Waals surface area (Å²) in [4.78, 5) is 4.33. The molecule has 1 N–H and O–H groups in total. The van der Waals surface area contributed by atoms with Gasteiger partial charge in [0.25, 0.3) is 0 Å². The second-order valence-electron chi connectivity index (χ2n) is 4.61. The van der Waals surface area contributed by atoms with Crippen LogP contribution >= 0.6 is 0 Å². The topological polar surface area (TPSA) is 34.1 Å². The first-order chi connectivity index (χ1) is 8.81. The van der Waals surface area contributed by atoms with Crippen LogP contribution in [0.3, 0.4) is 0 Å². The van der Waals surface area contributed by atoms with Gasteiger partial charge in [-0.05, 0) is 35.7 Å². The Morgan fingerprint density at radius 2 is 2.22 bits per heavy atom. The molecule has 3 rings (SSSR count). The lowest BCUT2D eigenvalue weighted by Gasteiger charge is -2.07. The minimum Gasteiger partial charge on any atom is -0.493 e. The third-order valence-electron chi connectivity index (χ3n) is 3.14. The van der Waals surface area contributed by atoms with E-state index in [1.807, 2.05) is 19.2 Å². The molecule has 0 unspecified atom stereocenters. The van der Waals surface area contributed by atoms with E-state index in [4.69, 9.17) is 4.74 Å². The molecular weight excluding hydrogens is 224 g/mol. The summed E-state index contributed by atoms with van der Waals surface area (Å²) in [6.45, 7) is 3.65. The summed E-state index contributed by atoms with van der Waals surface area (Å²) in [5.41, 5.74) is 3.75. The molecular formula is C15H16N2O. The summed E-state index contributed by atoms with van der Waals surface area (Å²) in [6, 6.07) is 10.4. The van der Waals surface area contributed by atoms with E-state index in [0.717, 1.165) is 31.1 Å². The summed E-state index contributed by atoms with van der Waals surface area (Å²) in [5.74, 6) is 1.95. The Balaban J connectivity index is 1.68. The van der Waals surface area contributed by atoms with Gasteiger partial charge in [0.1, 0.15) is 11.6 Å². The first kappa shape index (κ1) is 11.1. The molecule has 0 bridgehead atoms. The molecule has 1 aromatic heterocycles. The predicted octanol–water partition coefficient (Wildman–Crippen LogP) is 2.94. The Morgan fingerprint density at radius 3 is 3.06 bits per heavy atom. The van der Waals surface area contributed by atoms with Crippen LogP contribution in [0.15, 0.2) is 36.5 Å². The van der Waals surface area contributed by atoms with Crippen LogP contribution in [-0.4, -0.2) is 11.6 Å². The van der Waals surface area contributed by atoms with Crippen molar-refractivity contribution in [1.82, 2.24) is 4.98 Å². The van der Waals surface area contributed by atoms with Crippen LogP contribution in [0.25, 0.3) is 0 Å². The highest BCUT2D eigenvalue weighted by molar-refractivity contribution is 5.42. The minimum atomic E-state index is 0.795. The fourth-order valence-electron chi connectivity index (χ4n) is 2.11. The zero-order valence-electron chi connectivity index (χ0n) is 10.4. The monoisotopic (exact) mass is 240 g/mol. The second kappa shape index (κ2) is 4.69. The molecule has 2 heterocycles. The molecule has 0 fully saturated rings. The molecule has 92 valence electrons. The van der Waals surface area contributed by atoms with Crippen molar-refractivity contribution < 1.29 is 4.74 Å². The van der Waals surface area contributed by atoms with Crippen LogP contribution < -0.4 is 10.1 Å². The molecule has 1 aromatic carbocycles. The summed E-state index contributed by atoms with van der Waals surface area (Å²) in [7, 11) is 0. The molecule has 0 aliphatic carbocycles. The molecule has 1 aliphatic heterocycles. The van der Waals surface area contributed by atoms with Crippen LogP contribution in [0.4, 0.5) is 5.82 Å². The van der Waals surface area contributed by atoms with Crippen molar-refractivity contribution in [3.63, 3.8) is 0 Å². The third-order valence-corrected chi connectivity index (χ3v) is 3.14. The lowest BCUT2D eigenvalue weighted by Crippen LogP contribution is -2.01. The smallest absolute Gasteiger partial charge is 0.126 e. The standard InChI is InChI=1S/C15H16N2O/c1-11-2-5-15(16-9-11)17-10-12-3-4-14-13(8-12)6-7-18-14/h2-5,8-9H,6-7,10H2,1H3,(H,16,17). The first-order valence-corrected chi connectivity index (χ1v) is 6.22. The molecule has 0 radical (unpaired) electrons. The van der Waals surface area contributed by atoms with Gasteiger partial charge in [0.15, 0.2) is 0 Å². The average Bonchev–Trinajstić information content (AvgIpc) is 2.85. The van der Waals surface area contributed by atoms with Gasteiger partial charge in [-0.15, -0.1) is 0 Å². The summed E-state index contributed by atoms with van der Waals surface area (Å²) >= 11 is 0. The fraction of sp³-hybridized carbons (Fsp3) is 0.267. The van der Waals surface area contributed by atoms with E-state index < -0.39 is 0 Å². The number of rotatable bonds is 3. The zero-order chi connectivity index (χ0) is 12.4. The highest BCUT2D eigenvalue weighted by Gasteiger charge is 2.11. The Kier molecular flexibility index (Phi) is 2.89. The Hall–Kier alpha value is -2.03. The van der Waals surface area contributed by atoms with Crippen LogP contribution in [0.1, 0.15) is 16.7 Å². The number of ether oxygens (including phenoxy) is 1. The van der Waals surface area contributed by atoms with E-state index in [1.54, 1.807) is 0 Å². The van der Waals surface area contributed by atoms with E-state index in [2.05, 4.69) is 34.6 Å². The summed E-state index contributed by atoms with van der Waals surface area (Å²) in [5, 5.41) is 3.33. The largest absolute Gasteiger partial charge is 0.493 e. The molecule has 0 saturated heterocycles. The van der Waals surface area contributed by atoms with Crippen molar-refractivity contribution in [3.8, 4) is 5.75 Å². The predicted molar refractivity (Wildman–Crippen MR) is 71.9 cm³/mol. The van der Waals surface area contributed by atoms with Gasteiger partial charge in [-0.25, -0.2) is 4.98 Å². The molecule has 3 nitrogen and oxygen atoms in total. The number of anilines is 1. The minimum absolute atomic E-state index is 0.795. The molecule has 3 heteroatoms. The van der Waals surface area contributed by atoms with Gasteiger partial charge in [0.05, 0.1) is 6.61 Å².